The summed E-state index contributed by atoms with van der Waals surface area (Å²) in [5.74, 6) is 0.937. The number of likely N-dealkylation sites (N-methyl/N-ethyl adjacent to an activating group) is 1. The van der Waals surface area contributed by atoms with E-state index in [0.29, 0.717) is 11.8 Å². The SMILES string of the molecule is CN(C)C1CC23CCC4(O2)C(=CCC2(C)C(c5ccc6ccncc6c5)CCC42)C=C3C(O)C1O. The van der Waals surface area contributed by atoms with Gasteiger partial charge < -0.3 is 19.8 Å². The van der Waals surface area contributed by atoms with Crippen LogP contribution in [0.15, 0.2) is 60.0 Å². The molecule has 0 amide bonds. The minimum absolute atomic E-state index is 0.111. The molecular weight excluding hydrogens is 436 g/mol. The van der Waals surface area contributed by atoms with Crippen LogP contribution in [0.3, 0.4) is 0 Å². The second-order valence-electron chi connectivity index (χ2n) is 12.3. The molecule has 2 bridgehead atoms. The maximum atomic E-state index is 11.2. The van der Waals surface area contributed by atoms with Crippen LogP contribution in [0, 0.1) is 11.3 Å². The molecule has 2 N–H and O–H groups in total. The molecule has 3 aliphatic carbocycles. The molecule has 2 aliphatic heterocycles. The first-order chi connectivity index (χ1) is 16.8. The summed E-state index contributed by atoms with van der Waals surface area (Å²) >= 11 is 0. The Labute approximate surface area is 207 Å². The fourth-order valence-corrected chi connectivity index (χ4v) is 8.79. The summed E-state index contributed by atoms with van der Waals surface area (Å²) in [5.41, 5.74) is 2.97. The number of nitrogens with zero attached hydrogens (tertiary/aromatic N) is 2. The van der Waals surface area contributed by atoms with Gasteiger partial charge in [-0.15, -0.1) is 0 Å². The van der Waals surface area contributed by atoms with Gasteiger partial charge >= 0.3 is 0 Å². The first-order valence-corrected chi connectivity index (χ1v) is 13.3. The zero-order valence-electron chi connectivity index (χ0n) is 20.9. The maximum Gasteiger partial charge on any atom is 0.105 e. The van der Waals surface area contributed by atoms with Crippen molar-refractivity contribution in [3.63, 3.8) is 0 Å². The van der Waals surface area contributed by atoms with E-state index in [4.69, 9.17) is 4.74 Å². The van der Waals surface area contributed by atoms with Crippen LogP contribution in [-0.2, 0) is 4.74 Å². The predicted molar refractivity (Wildman–Crippen MR) is 136 cm³/mol. The molecule has 8 atom stereocenters. The molecule has 5 nitrogen and oxygen atoms in total. The molecule has 5 aliphatic rings. The van der Waals surface area contributed by atoms with Gasteiger partial charge in [0.1, 0.15) is 6.10 Å². The van der Waals surface area contributed by atoms with E-state index in [0.717, 1.165) is 37.7 Å². The fraction of sp³-hybridized carbons (Fsp3) is 0.567. The van der Waals surface area contributed by atoms with E-state index in [2.05, 4.69) is 48.3 Å². The predicted octanol–water partition coefficient (Wildman–Crippen LogP) is 4.35. The van der Waals surface area contributed by atoms with E-state index >= 15 is 0 Å². The third-order valence-electron chi connectivity index (χ3n) is 10.6. The Morgan fingerprint density at radius 3 is 2.77 bits per heavy atom. The minimum atomic E-state index is -0.871. The molecule has 2 saturated carbocycles. The number of hydrogen-bond acceptors (Lipinski definition) is 5. The van der Waals surface area contributed by atoms with Gasteiger partial charge in [-0.2, -0.15) is 0 Å². The molecule has 5 heteroatoms. The highest BCUT2D eigenvalue weighted by molar-refractivity contribution is 5.82. The number of benzene rings is 1. The molecule has 0 radical (unpaired) electrons. The molecule has 3 fully saturated rings. The van der Waals surface area contributed by atoms with Crippen molar-refractivity contribution in [1.82, 2.24) is 9.88 Å². The summed E-state index contributed by atoms with van der Waals surface area (Å²) in [6.07, 6.45) is 12.8. The van der Waals surface area contributed by atoms with Crippen LogP contribution >= 0.6 is 0 Å². The van der Waals surface area contributed by atoms with Crippen LogP contribution in [0.1, 0.15) is 56.9 Å². The second-order valence-corrected chi connectivity index (χ2v) is 12.3. The van der Waals surface area contributed by atoms with E-state index in [1.54, 1.807) is 0 Å². The summed E-state index contributed by atoms with van der Waals surface area (Å²) in [4.78, 5) is 6.40. The molecule has 1 aromatic carbocycles. The molecule has 184 valence electrons. The molecular formula is C30H36N2O3. The number of ether oxygens (including phenoxy) is 1. The molecule has 2 aromatic rings. The van der Waals surface area contributed by atoms with Gasteiger partial charge in [0.25, 0.3) is 0 Å². The van der Waals surface area contributed by atoms with Crippen molar-refractivity contribution in [3.8, 4) is 0 Å². The van der Waals surface area contributed by atoms with E-state index in [-0.39, 0.29) is 17.1 Å². The molecule has 1 aromatic heterocycles. The summed E-state index contributed by atoms with van der Waals surface area (Å²) in [5, 5.41) is 24.5. The summed E-state index contributed by atoms with van der Waals surface area (Å²) < 4.78 is 7.27. The lowest BCUT2D eigenvalue weighted by atomic mass is 9.58. The highest BCUT2D eigenvalue weighted by Crippen LogP contribution is 2.69. The monoisotopic (exact) mass is 472 g/mol. The third-order valence-corrected chi connectivity index (χ3v) is 10.6. The van der Waals surface area contributed by atoms with Crippen LogP contribution < -0.4 is 0 Å². The largest absolute Gasteiger partial charge is 0.388 e. The minimum Gasteiger partial charge on any atom is -0.388 e. The summed E-state index contributed by atoms with van der Waals surface area (Å²) in [6.45, 7) is 2.49. The maximum absolute atomic E-state index is 11.2. The fourth-order valence-electron chi connectivity index (χ4n) is 8.79. The van der Waals surface area contributed by atoms with Gasteiger partial charge in [0.2, 0.25) is 0 Å². The zero-order chi connectivity index (χ0) is 24.2. The van der Waals surface area contributed by atoms with E-state index < -0.39 is 17.8 Å². The van der Waals surface area contributed by atoms with Crippen molar-refractivity contribution in [2.45, 2.75) is 80.8 Å². The Bertz CT molecular complexity index is 1270. The Morgan fingerprint density at radius 2 is 1.94 bits per heavy atom. The zero-order valence-corrected chi connectivity index (χ0v) is 20.9. The van der Waals surface area contributed by atoms with E-state index in [9.17, 15) is 10.2 Å². The van der Waals surface area contributed by atoms with Crippen molar-refractivity contribution in [2.75, 3.05) is 14.1 Å². The Balaban J connectivity index is 1.29. The number of allylic oxidation sites excluding steroid dienone is 1. The average molecular weight is 473 g/mol. The van der Waals surface area contributed by atoms with Crippen LogP contribution in [0.4, 0.5) is 0 Å². The smallest absolute Gasteiger partial charge is 0.105 e. The lowest BCUT2D eigenvalue weighted by Crippen LogP contribution is -2.61. The third kappa shape index (κ3) is 2.81. The van der Waals surface area contributed by atoms with Gasteiger partial charge in [-0.3, -0.25) is 4.98 Å². The van der Waals surface area contributed by atoms with Crippen molar-refractivity contribution >= 4 is 10.8 Å². The first kappa shape index (κ1) is 22.2. The quantitative estimate of drug-likeness (QED) is 0.680. The first-order valence-electron chi connectivity index (χ1n) is 13.3. The number of aliphatic hydroxyl groups excluding tert-OH is 2. The second kappa shape index (κ2) is 7.25. The number of aliphatic hydroxyl groups is 2. The van der Waals surface area contributed by atoms with E-state index in [1.807, 2.05) is 31.4 Å². The molecule has 35 heavy (non-hydrogen) atoms. The average Bonchev–Trinajstić information content (AvgIpc) is 3.37. The van der Waals surface area contributed by atoms with Gasteiger partial charge in [-0.1, -0.05) is 31.2 Å². The van der Waals surface area contributed by atoms with Crippen molar-refractivity contribution < 1.29 is 14.9 Å². The van der Waals surface area contributed by atoms with Crippen LogP contribution in [0.5, 0.6) is 0 Å². The molecule has 8 unspecified atom stereocenters. The highest BCUT2D eigenvalue weighted by Gasteiger charge is 2.68. The number of fused-ring (bicyclic) bond motifs is 2. The number of rotatable bonds is 2. The summed E-state index contributed by atoms with van der Waals surface area (Å²) in [7, 11) is 3.98. The number of hydrogen-bond donors (Lipinski definition) is 2. The lowest BCUT2D eigenvalue weighted by Gasteiger charge is -2.56. The molecule has 2 spiro atoms. The van der Waals surface area contributed by atoms with Gasteiger partial charge in [0.15, 0.2) is 0 Å². The highest BCUT2D eigenvalue weighted by atomic mass is 16.5. The van der Waals surface area contributed by atoms with Crippen molar-refractivity contribution in [2.24, 2.45) is 11.3 Å². The molecule has 1 saturated heterocycles. The van der Waals surface area contributed by atoms with Gasteiger partial charge in [0, 0.05) is 23.8 Å². The topological polar surface area (TPSA) is 65.8 Å². The van der Waals surface area contributed by atoms with Crippen molar-refractivity contribution in [1.29, 1.82) is 0 Å². The lowest BCUT2D eigenvalue weighted by molar-refractivity contribution is -0.165. The number of aromatic nitrogens is 1. The molecule has 7 rings (SSSR count). The Kier molecular flexibility index (Phi) is 4.60. The van der Waals surface area contributed by atoms with Gasteiger partial charge in [0.05, 0.1) is 17.3 Å². The Hall–Kier alpha value is -2.05. The summed E-state index contributed by atoms with van der Waals surface area (Å²) in [6, 6.07) is 8.90. The van der Waals surface area contributed by atoms with Crippen molar-refractivity contribution in [3.05, 3.63) is 65.5 Å². The number of pyridine rings is 1. The normalized spacial score (nSPS) is 44.0. The van der Waals surface area contributed by atoms with Crippen LogP contribution in [0.25, 0.3) is 10.8 Å². The standard InChI is InChI=1S/C30H36N2O3/c1-28-10-8-21-15-23-26(33)27(34)24(32(2)3)16-29(23)11-12-30(21,35-29)25(28)7-6-22(28)19-5-4-18-9-13-31-17-20(18)14-19/h4-5,8-9,13-15,17,22,24-27,33-34H,6-7,10-12,16H2,1-3H3. The van der Waals surface area contributed by atoms with Crippen LogP contribution in [0.2, 0.25) is 0 Å². The Morgan fingerprint density at radius 1 is 1.09 bits per heavy atom. The van der Waals surface area contributed by atoms with Gasteiger partial charge in [-0.05, 0) is 104 Å². The van der Waals surface area contributed by atoms with Gasteiger partial charge in [-0.25, -0.2) is 0 Å². The van der Waals surface area contributed by atoms with Crippen LogP contribution in [-0.4, -0.2) is 63.6 Å². The van der Waals surface area contributed by atoms with E-state index in [1.165, 1.54) is 28.3 Å². The molecule has 3 heterocycles.